The largest absolute Gasteiger partial charge is 0.508 e. The van der Waals surface area contributed by atoms with Crippen LogP contribution in [0.3, 0.4) is 0 Å². The minimum Gasteiger partial charge on any atom is -0.508 e. The molecule has 0 saturated carbocycles. The molecule has 0 amide bonds. The minimum atomic E-state index is 0.260. The minimum absolute atomic E-state index is 0.260. The van der Waals surface area contributed by atoms with E-state index in [1.165, 1.54) is 0 Å². The molecule has 1 aliphatic carbocycles. The molecular formula is C10H17OS+. The number of hydrogen-bond acceptors (Lipinski definition) is 1. The highest BCUT2D eigenvalue weighted by Gasteiger charge is 2.36. The van der Waals surface area contributed by atoms with Crippen molar-refractivity contribution in [2.24, 2.45) is 0 Å². The first-order valence-electron chi connectivity index (χ1n) is 4.12. The third kappa shape index (κ3) is 1.69. The van der Waals surface area contributed by atoms with Crippen molar-refractivity contribution in [3.63, 3.8) is 0 Å². The van der Waals surface area contributed by atoms with E-state index in [2.05, 4.69) is 25.5 Å². The smallest absolute Gasteiger partial charge is 0.147 e. The first-order chi connectivity index (χ1) is 5.46. The molecule has 2 heteroatoms. The Morgan fingerprint density at radius 1 is 1.50 bits per heavy atom. The van der Waals surface area contributed by atoms with E-state index in [0.717, 1.165) is 12.0 Å². The van der Waals surface area contributed by atoms with Crippen LogP contribution in [-0.2, 0) is 10.9 Å². The van der Waals surface area contributed by atoms with Crippen molar-refractivity contribution in [3.8, 4) is 0 Å². The van der Waals surface area contributed by atoms with Gasteiger partial charge in [0.1, 0.15) is 10.5 Å². The van der Waals surface area contributed by atoms with Gasteiger partial charge in [-0.2, -0.15) is 0 Å². The van der Waals surface area contributed by atoms with Crippen molar-refractivity contribution >= 4 is 10.9 Å². The molecular weight excluding hydrogens is 168 g/mol. The monoisotopic (exact) mass is 185 g/mol. The van der Waals surface area contributed by atoms with Gasteiger partial charge in [-0.1, -0.05) is 0 Å². The van der Waals surface area contributed by atoms with Crippen LogP contribution in [0.4, 0.5) is 0 Å². The van der Waals surface area contributed by atoms with Crippen molar-refractivity contribution in [3.05, 3.63) is 23.5 Å². The van der Waals surface area contributed by atoms with Gasteiger partial charge in [0.25, 0.3) is 0 Å². The summed E-state index contributed by atoms with van der Waals surface area (Å²) in [4.78, 5) is 0. The van der Waals surface area contributed by atoms with Gasteiger partial charge in [-0.3, -0.25) is 0 Å². The zero-order valence-electron chi connectivity index (χ0n) is 8.22. The fraction of sp³-hybridized carbons (Fsp3) is 0.600. The van der Waals surface area contributed by atoms with Gasteiger partial charge in [0.2, 0.25) is 0 Å². The van der Waals surface area contributed by atoms with Crippen LogP contribution in [0.15, 0.2) is 23.5 Å². The molecule has 1 aliphatic rings. The molecule has 1 rings (SSSR count). The topological polar surface area (TPSA) is 20.2 Å². The molecule has 0 saturated heterocycles. The number of hydrogen-bond donors (Lipinski definition) is 1. The molecule has 0 aromatic carbocycles. The molecule has 0 heterocycles. The summed E-state index contributed by atoms with van der Waals surface area (Å²) < 4.78 is 0.260. The highest BCUT2D eigenvalue weighted by Crippen LogP contribution is 2.30. The standard InChI is InChI=1S/C10H16OS/c1-8-7-10(2,12(3)4)6-5-9(8)11/h5,7H,6H2,1-4H3/p+1. The van der Waals surface area contributed by atoms with E-state index >= 15 is 0 Å². The summed E-state index contributed by atoms with van der Waals surface area (Å²) in [6, 6.07) is 0. The van der Waals surface area contributed by atoms with Crippen molar-refractivity contribution in [1.82, 2.24) is 0 Å². The summed E-state index contributed by atoms with van der Waals surface area (Å²) in [7, 11) is 0.365. The highest BCUT2D eigenvalue weighted by molar-refractivity contribution is 7.97. The van der Waals surface area contributed by atoms with E-state index in [9.17, 15) is 5.11 Å². The van der Waals surface area contributed by atoms with E-state index in [-0.39, 0.29) is 4.75 Å². The first kappa shape index (κ1) is 9.72. The predicted molar refractivity (Wildman–Crippen MR) is 56.7 cm³/mol. The summed E-state index contributed by atoms with van der Waals surface area (Å²) in [5, 5.41) is 9.39. The molecule has 1 N–H and O–H groups in total. The van der Waals surface area contributed by atoms with Gasteiger partial charge in [0, 0.05) is 6.42 Å². The molecule has 0 aliphatic heterocycles. The van der Waals surface area contributed by atoms with E-state index in [0.29, 0.717) is 16.7 Å². The summed E-state index contributed by atoms with van der Waals surface area (Å²) in [5.74, 6) is 0.456. The summed E-state index contributed by atoms with van der Waals surface area (Å²) in [6.45, 7) is 4.22. The van der Waals surface area contributed by atoms with E-state index in [1.807, 2.05) is 13.0 Å². The molecule has 0 aromatic rings. The van der Waals surface area contributed by atoms with E-state index in [4.69, 9.17) is 0 Å². The van der Waals surface area contributed by atoms with Crippen LogP contribution >= 0.6 is 0 Å². The zero-order chi connectivity index (χ0) is 9.35. The molecule has 0 radical (unpaired) electrons. The Morgan fingerprint density at radius 3 is 2.50 bits per heavy atom. The van der Waals surface area contributed by atoms with Gasteiger partial charge in [0.15, 0.2) is 0 Å². The lowest BCUT2D eigenvalue weighted by atomic mass is 9.96. The fourth-order valence-electron chi connectivity index (χ4n) is 1.34. The molecule has 0 aromatic heterocycles. The van der Waals surface area contributed by atoms with Crippen LogP contribution in [0, 0.1) is 0 Å². The second kappa shape index (κ2) is 3.17. The Labute approximate surface area is 77.5 Å². The molecule has 1 nitrogen and oxygen atoms in total. The number of aliphatic hydroxyl groups excluding tert-OH is 1. The van der Waals surface area contributed by atoms with Crippen molar-refractivity contribution < 1.29 is 5.11 Å². The third-order valence-corrected chi connectivity index (χ3v) is 4.71. The van der Waals surface area contributed by atoms with E-state index in [1.54, 1.807) is 0 Å². The number of rotatable bonds is 1. The van der Waals surface area contributed by atoms with Crippen LogP contribution in [0.5, 0.6) is 0 Å². The molecule has 12 heavy (non-hydrogen) atoms. The first-order valence-corrected chi connectivity index (χ1v) is 6.16. The maximum Gasteiger partial charge on any atom is 0.147 e. The Morgan fingerprint density at radius 2 is 2.08 bits per heavy atom. The quantitative estimate of drug-likeness (QED) is 0.622. The van der Waals surface area contributed by atoms with Crippen LogP contribution in [0.2, 0.25) is 0 Å². The Hall–Kier alpha value is -0.370. The maximum absolute atomic E-state index is 9.39. The van der Waals surface area contributed by atoms with Crippen LogP contribution < -0.4 is 0 Å². The maximum atomic E-state index is 9.39. The predicted octanol–water partition coefficient (Wildman–Crippen LogP) is 2.41. The average Bonchev–Trinajstić information content (AvgIpc) is 1.97. The lowest BCUT2D eigenvalue weighted by molar-refractivity contribution is 0.414. The van der Waals surface area contributed by atoms with E-state index < -0.39 is 0 Å². The highest BCUT2D eigenvalue weighted by atomic mass is 32.2. The van der Waals surface area contributed by atoms with Gasteiger partial charge in [0.05, 0.1) is 12.5 Å². The number of allylic oxidation sites excluding steroid dienone is 2. The summed E-state index contributed by atoms with van der Waals surface area (Å²) in [5.41, 5.74) is 1.02. The van der Waals surface area contributed by atoms with Crippen molar-refractivity contribution in [2.45, 2.75) is 25.0 Å². The Balaban J connectivity index is 2.90. The lowest BCUT2D eigenvalue weighted by Crippen LogP contribution is -2.33. The SMILES string of the molecule is CC1=CC(C)([S+](C)C)CC=C1O. The third-order valence-electron chi connectivity index (χ3n) is 2.56. The number of aliphatic hydroxyl groups is 1. The van der Waals surface area contributed by atoms with Gasteiger partial charge in [-0.25, -0.2) is 0 Å². The Kier molecular flexibility index (Phi) is 2.57. The van der Waals surface area contributed by atoms with Crippen LogP contribution in [0.25, 0.3) is 0 Å². The van der Waals surface area contributed by atoms with Gasteiger partial charge in [-0.05, 0) is 42.5 Å². The van der Waals surface area contributed by atoms with Gasteiger partial charge < -0.3 is 5.11 Å². The van der Waals surface area contributed by atoms with Gasteiger partial charge in [-0.15, -0.1) is 0 Å². The van der Waals surface area contributed by atoms with Crippen molar-refractivity contribution in [1.29, 1.82) is 0 Å². The summed E-state index contributed by atoms with van der Waals surface area (Å²) in [6.07, 6.45) is 9.60. The zero-order valence-corrected chi connectivity index (χ0v) is 9.03. The van der Waals surface area contributed by atoms with Gasteiger partial charge >= 0.3 is 0 Å². The Bertz CT molecular complexity index is 240. The molecule has 68 valence electrons. The van der Waals surface area contributed by atoms with Crippen LogP contribution in [-0.4, -0.2) is 22.4 Å². The molecule has 0 fully saturated rings. The average molecular weight is 185 g/mol. The molecule has 1 unspecified atom stereocenters. The lowest BCUT2D eigenvalue weighted by Gasteiger charge is -2.25. The second-order valence-electron chi connectivity index (χ2n) is 3.75. The second-order valence-corrected chi connectivity index (χ2v) is 6.32. The fourth-order valence-corrected chi connectivity index (χ4v) is 2.16. The van der Waals surface area contributed by atoms with Crippen LogP contribution in [0.1, 0.15) is 20.3 Å². The molecule has 0 bridgehead atoms. The molecule has 0 spiro atoms. The summed E-state index contributed by atoms with van der Waals surface area (Å²) >= 11 is 0. The molecule has 1 atom stereocenters. The van der Waals surface area contributed by atoms with Crippen molar-refractivity contribution in [2.75, 3.05) is 12.5 Å². The normalized spacial score (nSPS) is 30.1.